The maximum atomic E-state index is 9.20. The molecule has 2 rings (SSSR count). The Hall–Kier alpha value is -1.73. The van der Waals surface area contributed by atoms with Gasteiger partial charge >= 0.3 is 0 Å². The Morgan fingerprint density at radius 3 is 2.55 bits per heavy atom. The molecule has 0 bridgehead atoms. The van der Waals surface area contributed by atoms with Gasteiger partial charge in [0.05, 0.1) is 10.6 Å². The Morgan fingerprint density at radius 1 is 1.15 bits per heavy atom. The Morgan fingerprint density at radius 2 is 1.90 bits per heavy atom. The average molecular weight is 307 g/mol. The first kappa shape index (κ1) is 14.7. The normalized spacial score (nSPS) is 10.1. The van der Waals surface area contributed by atoms with Crippen LogP contribution in [0.4, 0.5) is 0 Å². The lowest BCUT2D eigenvalue weighted by Gasteiger charge is -2.10. The van der Waals surface area contributed by atoms with Gasteiger partial charge in [0.25, 0.3) is 0 Å². The number of rotatable bonds is 4. The third-order valence-electron chi connectivity index (χ3n) is 2.66. The quantitative estimate of drug-likeness (QED) is 0.912. The number of hydrogen-bond donors (Lipinski definition) is 1. The molecule has 2 aromatic carbocycles. The molecule has 0 radical (unpaired) electrons. The van der Waals surface area contributed by atoms with Crippen LogP contribution in [0, 0.1) is 11.3 Å². The highest BCUT2D eigenvalue weighted by atomic mass is 35.5. The van der Waals surface area contributed by atoms with Gasteiger partial charge in [0.1, 0.15) is 17.6 Å². The molecule has 0 aliphatic rings. The fourth-order valence-corrected chi connectivity index (χ4v) is 2.19. The zero-order valence-corrected chi connectivity index (χ0v) is 12.3. The van der Waals surface area contributed by atoms with Gasteiger partial charge in [-0.05, 0) is 42.9 Å². The number of nitrogens with zero attached hydrogens (tertiary/aromatic N) is 1. The smallest absolute Gasteiger partial charge is 0.146 e. The number of nitriles is 1. The standard InChI is InChI=1S/C15H12Cl2N2O/c1-19-9-10-2-4-14(11(6-10)8-18)20-15-5-3-12(16)7-13(15)17/h2-7,19H,9H2,1H3. The second-order valence-corrected chi connectivity index (χ2v) is 4.99. The van der Waals surface area contributed by atoms with Crippen LogP contribution >= 0.6 is 23.2 Å². The van der Waals surface area contributed by atoms with Gasteiger partial charge in [-0.3, -0.25) is 0 Å². The third-order valence-corrected chi connectivity index (χ3v) is 3.19. The van der Waals surface area contributed by atoms with E-state index in [9.17, 15) is 5.26 Å². The van der Waals surface area contributed by atoms with Crippen molar-refractivity contribution in [3.8, 4) is 17.6 Å². The predicted molar refractivity (Wildman–Crippen MR) is 80.5 cm³/mol. The number of nitrogens with one attached hydrogen (secondary N) is 1. The summed E-state index contributed by atoms with van der Waals surface area (Å²) in [5.74, 6) is 0.936. The van der Waals surface area contributed by atoms with Crippen LogP contribution in [0.25, 0.3) is 0 Å². The lowest BCUT2D eigenvalue weighted by Crippen LogP contribution is -2.05. The van der Waals surface area contributed by atoms with Crippen LogP contribution in [-0.2, 0) is 6.54 Å². The van der Waals surface area contributed by atoms with E-state index in [4.69, 9.17) is 27.9 Å². The Bertz CT molecular complexity index is 665. The first-order valence-electron chi connectivity index (χ1n) is 5.94. The van der Waals surface area contributed by atoms with E-state index in [0.717, 1.165) is 5.56 Å². The van der Waals surface area contributed by atoms with E-state index in [0.29, 0.717) is 33.7 Å². The van der Waals surface area contributed by atoms with Gasteiger partial charge in [-0.15, -0.1) is 0 Å². The predicted octanol–water partition coefficient (Wildman–Crippen LogP) is 4.38. The van der Waals surface area contributed by atoms with Crippen molar-refractivity contribution < 1.29 is 4.74 Å². The molecule has 0 aromatic heterocycles. The highest BCUT2D eigenvalue weighted by Crippen LogP contribution is 2.33. The summed E-state index contributed by atoms with van der Waals surface area (Å²) in [6.45, 7) is 0.691. The van der Waals surface area contributed by atoms with Crippen molar-refractivity contribution in [3.63, 3.8) is 0 Å². The van der Waals surface area contributed by atoms with Crippen molar-refractivity contribution in [1.29, 1.82) is 5.26 Å². The lowest BCUT2D eigenvalue weighted by atomic mass is 10.1. The van der Waals surface area contributed by atoms with Crippen molar-refractivity contribution in [1.82, 2.24) is 5.32 Å². The molecule has 0 saturated carbocycles. The highest BCUT2D eigenvalue weighted by Gasteiger charge is 2.09. The van der Waals surface area contributed by atoms with Crippen LogP contribution in [0.2, 0.25) is 10.0 Å². The molecule has 0 heterocycles. The molecule has 5 heteroatoms. The van der Waals surface area contributed by atoms with Crippen LogP contribution in [-0.4, -0.2) is 7.05 Å². The second-order valence-electron chi connectivity index (χ2n) is 4.15. The summed E-state index contributed by atoms with van der Waals surface area (Å²) < 4.78 is 5.69. The van der Waals surface area contributed by atoms with Crippen molar-refractivity contribution in [3.05, 3.63) is 57.6 Å². The van der Waals surface area contributed by atoms with Crippen LogP contribution in [0.3, 0.4) is 0 Å². The first-order chi connectivity index (χ1) is 9.63. The number of ether oxygens (including phenoxy) is 1. The van der Waals surface area contributed by atoms with Crippen molar-refractivity contribution >= 4 is 23.2 Å². The van der Waals surface area contributed by atoms with Crippen LogP contribution < -0.4 is 10.1 Å². The summed E-state index contributed by atoms with van der Waals surface area (Å²) in [5.41, 5.74) is 1.47. The Balaban J connectivity index is 2.31. The summed E-state index contributed by atoms with van der Waals surface area (Å²) >= 11 is 11.9. The van der Waals surface area contributed by atoms with E-state index in [1.165, 1.54) is 0 Å². The average Bonchev–Trinajstić information content (AvgIpc) is 2.43. The summed E-state index contributed by atoms with van der Waals surface area (Å²) in [5, 5.41) is 13.2. The summed E-state index contributed by atoms with van der Waals surface area (Å²) in [4.78, 5) is 0. The molecule has 0 fully saturated rings. The minimum Gasteiger partial charge on any atom is -0.454 e. The maximum Gasteiger partial charge on any atom is 0.146 e. The summed E-state index contributed by atoms with van der Waals surface area (Å²) in [6, 6.07) is 12.5. The van der Waals surface area contributed by atoms with E-state index in [2.05, 4.69) is 11.4 Å². The van der Waals surface area contributed by atoms with E-state index < -0.39 is 0 Å². The number of benzene rings is 2. The molecule has 1 N–H and O–H groups in total. The number of hydrogen-bond acceptors (Lipinski definition) is 3. The van der Waals surface area contributed by atoms with Crippen molar-refractivity contribution in [2.24, 2.45) is 0 Å². The van der Waals surface area contributed by atoms with Gasteiger partial charge in [-0.2, -0.15) is 5.26 Å². The fourth-order valence-electron chi connectivity index (χ4n) is 1.74. The van der Waals surface area contributed by atoms with E-state index in [1.807, 2.05) is 13.1 Å². The second kappa shape index (κ2) is 6.62. The van der Waals surface area contributed by atoms with Gasteiger partial charge in [-0.1, -0.05) is 29.3 Å². The van der Waals surface area contributed by atoms with E-state index in [-0.39, 0.29) is 0 Å². The van der Waals surface area contributed by atoms with E-state index >= 15 is 0 Å². The first-order valence-corrected chi connectivity index (χ1v) is 6.70. The fraction of sp³-hybridized carbons (Fsp3) is 0.133. The molecule has 0 amide bonds. The topological polar surface area (TPSA) is 45.0 Å². The van der Waals surface area contributed by atoms with Crippen molar-refractivity contribution in [2.75, 3.05) is 7.05 Å². The third kappa shape index (κ3) is 3.43. The van der Waals surface area contributed by atoms with Gasteiger partial charge in [-0.25, -0.2) is 0 Å². The van der Waals surface area contributed by atoms with E-state index in [1.54, 1.807) is 30.3 Å². The van der Waals surface area contributed by atoms with Gasteiger partial charge in [0.2, 0.25) is 0 Å². The molecular weight excluding hydrogens is 295 g/mol. The largest absolute Gasteiger partial charge is 0.454 e. The summed E-state index contributed by atoms with van der Waals surface area (Å²) in [6.07, 6.45) is 0. The zero-order valence-electron chi connectivity index (χ0n) is 10.8. The maximum absolute atomic E-state index is 9.20. The molecule has 0 spiro atoms. The number of halogens is 2. The van der Waals surface area contributed by atoms with Crippen LogP contribution in [0.5, 0.6) is 11.5 Å². The molecule has 0 atom stereocenters. The molecule has 0 unspecified atom stereocenters. The molecule has 102 valence electrons. The SMILES string of the molecule is CNCc1ccc(Oc2ccc(Cl)cc2Cl)c(C#N)c1. The molecule has 3 nitrogen and oxygen atoms in total. The minimum absolute atomic E-state index is 0.403. The van der Waals surface area contributed by atoms with Crippen LogP contribution in [0.15, 0.2) is 36.4 Å². The molecule has 0 aliphatic heterocycles. The van der Waals surface area contributed by atoms with Crippen molar-refractivity contribution in [2.45, 2.75) is 6.54 Å². The van der Waals surface area contributed by atoms with Gasteiger partial charge < -0.3 is 10.1 Å². The van der Waals surface area contributed by atoms with Crippen LogP contribution in [0.1, 0.15) is 11.1 Å². The molecule has 0 saturated heterocycles. The Labute approximate surface area is 127 Å². The molecule has 0 aliphatic carbocycles. The Kier molecular flexibility index (Phi) is 4.86. The summed E-state index contributed by atoms with van der Waals surface area (Å²) in [7, 11) is 1.85. The zero-order chi connectivity index (χ0) is 14.5. The monoisotopic (exact) mass is 306 g/mol. The lowest BCUT2D eigenvalue weighted by molar-refractivity contribution is 0.481. The molecular formula is C15H12Cl2N2O. The van der Waals surface area contributed by atoms with Gasteiger partial charge in [0.15, 0.2) is 0 Å². The molecule has 2 aromatic rings. The minimum atomic E-state index is 0.403. The van der Waals surface area contributed by atoms with Gasteiger partial charge in [0, 0.05) is 11.6 Å². The highest BCUT2D eigenvalue weighted by molar-refractivity contribution is 6.35. The molecule has 20 heavy (non-hydrogen) atoms.